The van der Waals surface area contributed by atoms with Crippen LogP contribution in [0.25, 0.3) is 0 Å². The van der Waals surface area contributed by atoms with E-state index in [1.54, 1.807) is 11.6 Å². The van der Waals surface area contributed by atoms with Crippen LogP contribution in [0.1, 0.15) is 26.9 Å². The molecule has 2 aromatic heterocycles. The number of nitrogens with zero attached hydrogens (tertiary/aromatic N) is 1. The van der Waals surface area contributed by atoms with Gasteiger partial charge in [-0.1, -0.05) is 0 Å². The largest absolute Gasteiger partial charge is 0.477 e. The number of aromatic carboxylic acids is 1. The van der Waals surface area contributed by atoms with Gasteiger partial charge < -0.3 is 14.8 Å². The zero-order chi connectivity index (χ0) is 12.3. The highest BCUT2D eigenvalue weighted by Crippen LogP contribution is 2.16. The van der Waals surface area contributed by atoms with Gasteiger partial charge in [0.15, 0.2) is 0 Å². The van der Waals surface area contributed by atoms with Crippen molar-refractivity contribution in [3.05, 3.63) is 39.7 Å². The molecule has 0 bridgehead atoms. The van der Waals surface area contributed by atoms with E-state index in [1.165, 1.54) is 11.3 Å². The van der Waals surface area contributed by atoms with Gasteiger partial charge >= 0.3 is 5.97 Å². The topological polar surface area (TPSA) is 75.4 Å². The lowest BCUT2D eigenvalue weighted by Gasteiger charge is -2.01. The van der Waals surface area contributed by atoms with Crippen LogP contribution >= 0.6 is 11.3 Å². The van der Waals surface area contributed by atoms with Gasteiger partial charge in [0, 0.05) is 6.54 Å². The third-order valence-corrected chi connectivity index (χ3v) is 3.15. The van der Waals surface area contributed by atoms with Crippen molar-refractivity contribution < 1.29 is 14.3 Å². The van der Waals surface area contributed by atoms with Crippen LogP contribution in [0.2, 0.25) is 0 Å². The summed E-state index contributed by atoms with van der Waals surface area (Å²) in [7, 11) is 0. The van der Waals surface area contributed by atoms with Gasteiger partial charge in [-0.15, -0.1) is 11.3 Å². The van der Waals surface area contributed by atoms with E-state index in [2.05, 4.69) is 10.3 Å². The summed E-state index contributed by atoms with van der Waals surface area (Å²) in [6, 6.07) is 1.81. The second-order valence-corrected chi connectivity index (χ2v) is 4.46. The molecule has 0 saturated carbocycles. The molecule has 0 radical (unpaired) electrons. The number of aromatic nitrogens is 1. The average Bonchev–Trinajstić information content (AvgIpc) is 2.87. The molecule has 0 aliphatic heterocycles. The predicted molar refractivity (Wildman–Crippen MR) is 63.1 cm³/mol. The molecule has 17 heavy (non-hydrogen) atoms. The molecule has 5 nitrogen and oxygen atoms in total. The number of hydrogen-bond donors (Lipinski definition) is 2. The molecule has 0 atom stereocenters. The highest BCUT2D eigenvalue weighted by atomic mass is 32.1. The summed E-state index contributed by atoms with van der Waals surface area (Å²) >= 11 is 1.23. The normalized spacial score (nSPS) is 10.6. The number of carboxylic acids is 1. The second kappa shape index (κ2) is 5.11. The molecular formula is C11H12N2O3S. The number of aryl methyl sites for hydroxylation is 1. The Labute approximate surface area is 102 Å². The first-order valence-electron chi connectivity index (χ1n) is 5.08. The second-order valence-electron chi connectivity index (χ2n) is 3.55. The number of carboxylic acid groups (broad SMARTS) is 1. The van der Waals surface area contributed by atoms with Crippen molar-refractivity contribution in [1.29, 1.82) is 0 Å². The fraction of sp³-hybridized carbons (Fsp3) is 0.273. The zero-order valence-electron chi connectivity index (χ0n) is 9.27. The van der Waals surface area contributed by atoms with Crippen molar-refractivity contribution in [2.45, 2.75) is 20.0 Å². The van der Waals surface area contributed by atoms with Crippen molar-refractivity contribution in [3.8, 4) is 0 Å². The van der Waals surface area contributed by atoms with Gasteiger partial charge in [-0.25, -0.2) is 9.78 Å². The molecule has 0 unspecified atom stereocenters. The fourth-order valence-corrected chi connectivity index (χ4v) is 2.21. The minimum atomic E-state index is -0.885. The summed E-state index contributed by atoms with van der Waals surface area (Å²) in [4.78, 5) is 15.3. The third-order valence-electron chi connectivity index (χ3n) is 2.20. The number of rotatable bonds is 5. The Hall–Kier alpha value is -1.66. The molecule has 0 saturated heterocycles. The van der Waals surface area contributed by atoms with Gasteiger partial charge in [-0.05, 0) is 23.9 Å². The minimum Gasteiger partial charge on any atom is -0.477 e. The molecule has 0 amide bonds. The lowest BCUT2D eigenvalue weighted by Crippen LogP contribution is -2.14. The molecule has 2 aromatic rings. The lowest BCUT2D eigenvalue weighted by molar-refractivity contribution is 0.0701. The first-order valence-corrected chi connectivity index (χ1v) is 5.96. The van der Waals surface area contributed by atoms with Crippen LogP contribution < -0.4 is 5.32 Å². The number of thiophene rings is 1. The van der Waals surface area contributed by atoms with Crippen molar-refractivity contribution in [2.75, 3.05) is 0 Å². The maximum Gasteiger partial charge on any atom is 0.346 e. The van der Waals surface area contributed by atoms with E-state index >= 15 is 0 Å². The van der Waals surface area contributed by atoms with E-state index in [4.69, 9.17) is 9.52 Å². The van der Waals surface area contributed by atoms with E-state index in [1.807, 2.05) is 13.0 Å². The quantitative estimate of drug-likeness (QED) is 0.851. The van der Waals surface area contributed by atoms with Crippen LogP contribution in [-0.4, -0.2) is 16.1 Å². The van der Waals surface area contributed by atoms with Crippen LogP contribution in [0.15, 0.2) is 22.1 Å². The molecular weight excluding hydrogens is 240 g/mol. The van der Waals surface area contributed by atoms with E-state index < -0.39 is 5.97 Å². The van der Waals surface area contributed by atoms with Gasteiger partial charge in [0.05, 0.1) is 12.7 Å². The standard InChI is InChI=1S/C11H12N2O3S/c1-7-4-13-9(16-7)6-12-5-8-2-3-17-10(8)11(14)15/h2-4,12H,5-6H2,1H3,(H,14,15). The number of oxazole rings is 1. The Kier molecular flexibility index (Phi) is 3.55. The molecule has 0 aliphatic rings. The molecule has 2 rings (SSSR count). The predicted octanol–water partition coefficient (Wildman–Crippen LogP) is 2.03. The molecule has 0 fully saturated rings. The fourth-order valence-electron chi connectivity index (χ4n) is 1.45. The Morgan fingerprint density at radius 3 is 3.06 bits per heavy atom. The van der Waals surface area contributed by atoms with E-state index in [0.29, 0.717) is 23.9 Å². The molecule has 0 spiro atoms. The van der Waals surface area contributed by atoms with Gasteiger partial charge in [-0.2, -0.15) is 0 Å². The summed E-state index contributed by atoms with van der Waals surface area (Å²) in [6.07, 6.45) is 1.66. The summed E-state index contributed by atoms with van der Waals surface area (Å²) < 4.78 is 5.29. The molecule has 6 heteroatoms. The Morgan fingerprint density at radius 1 is 1.59 bits per heavy atom. The van der Waals surface area contributed by atoms with E-state index in [0.717, 1.165) is 11.3 Å². The van der Waals surface area contributed by atoms with Gasteiger partial charge in [0.1, 0.15) is 10.6 Å². The molecule has 0 aromatic carbocycles. The maximum absolute atomic E-state index is 10.9. The Morgan fingerprint density at radius 2 is 2.41 bits per heavy atom. The zero-order valence-corrected chi connectivity index (χ0v) is 10.1. The number of nitrogens with one attached hydrogen (secondary N) is 1. The number of hydrogen-bond acceptors (Lipinski definition) is 5. The smallest absolute Gasteiger partial charge is 0.346 e. The average molecular weight is 252 g/mol. The van der Waals surface area contributed by atoms with Crippen molar-refractivity contribution >= 4 is 17.3 Å². The number of carbonyl (C=O) groups is 1. The van der Waals surface area contributed by atoms with Gasteiger partial charge in [0.2, 0.25) is 5.89 Å². The first-order chi connectivity index (χ1) is 8.16. The summed E-state index contributed by atoms with van der Waals surface area (Å²) in [6.45, 7) is 2.81. The highest BCUT2D eigenvalue weighted by Gasteiger charge is 2.11. The van der Waals surface area contributed by atoms with Crippen LogP contribution in [0.5, 0.6) is 0 Å². The Balaban J connectivity index is 1.90. The molecule has 2 N–H and O–H groups in total. The van der Waals surface area contributed by atoms with Crippen molar-refractivity contribution in [2.24, 2.45) is 0 Å². The lowest BCUT2D eigenvalue weighted by atomic mass is 10.2. The summed E-state index contributed by atoms with van der Waals surface area (Å²) in [5, 5.41) is 13.8. The summed E-state index contributed by atoms with van der Waals surface area (Å²) in [5.74, 6) is 0.488. The molecule has 2 heterocycles. The highest BCUT2D eigenvalue weighted by molar-refractivity contribution is 7.12. The Bertz CT molecular complexity index is 518. The van der Waals surface area contributed by atoms with E-state index in [9.17, 15) is 4.79 Å². The van der Waals surface area contributed by atoms with E-state index in [-0.39, 0.29) is 0 Å². The van der Waals surface area contributed by atoms with Crippen LogP contribution in [-0.2, 0) is 13.1 Å². The van der Waals surface area contributed by atoms with Gasteiger partial charge in [0.25, 0.3) is 0 Å². The third kappa shape index (κ3) is 2.92. The van der Waals surface area contributed by atoms with Crippen LogP contribution in [0.4, 0.5) is 0 Å². The van der Waals surface area contributed by atoms with Crippen LogP contribution in [0.3, 0.4) is 0 Å². The summed E-state index contributed by atoms with van der Waals surface area (Å²) in [5.41, 5.74) is 0.783. The van der Waals surface area contributed by atoms with Crippen molar-refractivity contribution in [3.63, 3.8) is 0 Å². The SMILES string of the molecule is Cc1cnc(CNCc2ccsc2C(=O)O)o1. The minimum absolute atomic E-state index is 0.376. The first kappa shape index (κ1) is 11.8. The molecule has 0 aliphatic carbocycles. The van der Waals surface area contributed by atoms with Crippen molar-refractivity contribution in [1.82, 2.24) is 10.3 Å². The molecule has 90 valence electrons. The monoisotopic (exact) mass is 252 g/mol. The maximum atomic E-state index is 10.9. The van der Waals surface area contributed by atoms with Gasteiger partial charge in [-0.3, -0.25) is 0 Å². The van der Waals surface area contributed by atoms with Crippen LogP contribution in [0, 0.1) is 6.92 Å².